The number of nitrogens with two attached hydrogens (primary N) is 1. The number of amides is 3. The molecule has 6 nitrogen and oxygen atoms in total. The predicted molar refractivity (Wildman–Crippen MR) is 79.6 cm³/mol. The van der Waals surface area contributed by atoms with E-state index in [1.54, 1.807) is 26.0 Å². The van der Waals surface area contributed by atoms with E-state index in [2.05, 4.69) is 5.32 Å². The highest BCUT2D eigenvalue weighted by atomic mass is 35.5. The van der Waals surface area contributed by atoms with Gasteiger partial charge in [0, 0.05) is 11.4 Å². The number of benzene rings is 1. The average Bonchev–Trinajstić information content (AvgIpc) is 2.55. The summed E-state index contributed by atoms with van der Waals surface area (Å²) in [6, 6.07) is 4.66. The number of nitrogen functional groups attached to an aromatic ring is 1. The normalized spacial score (nSPS) is 17.2. The second kappa shape index (κ2) is 5.37. The molecule has 0 unspecified atom stereocenters. The molecule has 0 spiro atoms. The summed E-state index contributed by atoms with van der Waals surface area (Å²) in [6.45, 7) is 3.05. The number of rotatable bonds is 3. The first-order valence-electron chi connectivity index (χ1n) is 6.40. The summed E-state index contributed by atoms with van der Waals surface area (Å²) < 4.78 is 0. The number of hydrogen-bond donors (Lipinski definition) is 2. The van der Waals surface area contributed by atoms with Crippen molar-refractivity contribution in [2.45, 2.75) is 20.3 Å². The van der Waals surface area contributed by atoms with E-state index in [1.165, 1.54) is 6.07 Å². The second-order valence-electron chi connectivity index (χ2n) is 5.63. The fourth-order valence-electron chi connectivity index (χ4n) is 2.17. The molecule has 3 amide bonds. The van der Waals surface area contributed by atoms with Crippen molar-refractivity contribution in [3.8, 4) is 0 Å². The van der Waals surface area contributed by atoms with Crippen molar-refractivity contribution in [1.29, 1.82) is 0 Å². The maximum atomic E-state index is 12.0. The fraction of sp³-hybridized carbons (Fsp3) is 0.357. The summed E-state index contributed by atoms with van der Waals surface area (Å²) in [7, 11) is 0. The summed E-state index contributed by atoms with van der Waals surface area (Å²) in [6.07, 6.45) is 0.113. The lowest BCUT2D eigenvalue weighted by Gasteiger charge is -2.17. The van der Waals surface area contributed by atoms with Crippen LogP contribution >= 0.6 is 11.6 Å². The number of nitrogens with zero attached hydrogens (tertiary/aromatic N) is 1. The van der Waals surface area contributed by atoms with Gasteiger partial charge in [-0.2, -0.15) is 0 Å². The molecule has 0 saturated carbocycles. The smallest absolute Gasteiger partial charge is 0.244 e. The minimum absolute atomic E-state index is 0.113. The third-order valence-corrected chi connectivity index (χ3v) is 3.54. The third-order valence-electron chi connectivity index (χ3n) is 3.31. The fourth-order valence-corrected chi connectivity index (χ4v) is 2.35. The maximum Gasteiger partial charge on any atom is 0.244 e. The van der Waals surface area contributed by atoms with Crippen molar-refractivity contribution in [3.05, 3.63) is 23.2 Å². The molecule has 1 aliphatic rings. The molecule has 21 heavy (non-hydrogen) atoms. The Morgan fingerprint density at radius 1 is 1.43 bits per heavy atom. The standard InChI is InChI=1S/C14H16ClN3O3/c1-14(2)6-12(20)18(13(14)21)7-11(19)17-10-4-3-8(15)5-9(10)16/h3-5H,6-7,16H2,1-2H3,(H,17,19). The molecule has 7 heteroatoms. The van der Waals surface area contributed by atoms with Crippen LogP contribution in [0.4, 0.5) is 11.4 Å². The van der Waals surface area contributed by atoms with Crippen molar-refractivity contribution in [3.63, 3.8) is 0 Å². The molecule has 2 rings (SSSR count). The van der Waals surface area contributed by atoms with Crippen LogP contribution in [0.2, 0.25) is 5.02 Å². The lowest BCUT2D eigenvalue weighted by molar-refractivity contribution is -0.143. The topological polar surface area (TPSA) is 92.5 Å². The second-order valence-corrected chi connectivity index (χ2v) is 6.06. The van der Waals surface area contributed by atoms with E-state index >= 15 is 0 Å². The number of halogens is 1. The monoisotopic (exact) mass is 309 g/mol. The third kappa shape index (κ3) is 3.16. The lowest BCUT2D eigenvalue weighted by Crippen LogP contribution is -2.39. The van der Waals surface area contributed by atoms with Gasteiger partial charge in [-0.1, -0.05) is 25.4 Å². The Bertz CT molecular complexity index is 628. The van der Waals surface area contributed by atoms with Gasteiger partial charge in [0.2, 0.25) is 17.7 Å². The van der Waals surface area contributed by atoms with E-state index in [1.807, 2.05) is 0 Å². The summed E-state index contributed by atoms with van der Waals surface area (Å²) in [5.74, 6) is -1.17. The highest BCUT2D eigenvalue weighted by Gasteiger charge is 2.45. The molecule has 0 aliphatic carbocycles. The summed E-state index contributed by atoms with van der Waals surface area (Å²) in [5.41, 5.74) is 5.68. The highest BCUT2D eigenvalue weighted by Crippen LogP contribution is 2.31. The van der Waals surface area contributed by atoms with Gasteiger partial charge in [-0.05, 0) is 18.2 Å². The first-order valence-corrected chi connectivity index (χ1v) is 6.78. The zero-order valence-corrected chi connectivity index (χ0v) is 12.5. The number of carbonyl (C=O) groups is 3. The molecule has 112 valence electrons. The lowest BCUT2D eigenvalue weighted by atomic mass is 9.92. The van der Waals surface area contributed by atoms with E-state index in [0.717, 1.165) is 4.90 Å². The van der Waals surface area contributed by atoms with Crippen LogP contribution in [-0.4, -0.2) is 29.2 Å². The van der Waals surface area contributed by atoms with Gasteiger partial charge in [0.1, 0.15) is 6.54 Å². The van der Waals surface area contributed by atoms with Gasteiger partial charge in [-0.25, -0.2) is 0 Å². The zero-order chi connectivity index (χ0) is 15.8. The molecule has 1 fully saturated rings. The van der Waals surface area contributed by atoms with Crippen LogP contribution < -0.4 is 11.1 Å². The molecule has 1 aromatic carbocycles. The summed E-state index contributed by atoms with van der Waals surface area (Å²) in [5, 5.41) is 3.02. The first kappa shape index (κ1) is 15.3. The van der Waals surface area contributed by atoms with Crippen LogP contribution in [0.5, 0.6) is 0 Å². The Hall–Kier alpha value is -2.08. The maximum absolute atomic E-state index is 12.0. The first-order chi connectivity index (χ1) is 9.70. The van der Waals surface area contributed by atoms with E-state index < -0.39 is 11.3 Å². The quantitative estimate of drug-likeness (QED) is 0.656. The van der Waals surface area contributed by atoms with Crippen molar-refractivity contribution in [1.82, 2.24) is 4.90 Å². The summed E-state index contributed by atoms with van der Waals surface area (Å²) >= 11 is 5.77. The van der Waals surface area contributed by atoms with Crippen LogP contribution in [-0.2, 0) is 14.4 Å². The number of imide groups is 1. The Morgan fingerprint density at radius 3 is 2.62 bits per heavy atom. The SMILES string of the molecule is CC1(C)CC(=O)N(CC(=O)Nc2ccc(Cl)cc2N)C1=O. The minimum Gasteiger partial charge on any atom is -0.397 e. The molecular formula is C14H16ClN3O3. The molecule has 0 aromatic heterocycles. The largest absolute Gasteiger partial charge is 0.397 e. The zero-order valence-electron chi connectivity index (χ0n) is 11.8. The molecule has 1 aliphatic heterocycles. The molecule has 1 heterocycles. The highest BCUT2D eigenvalue weighted by molar-refractivity contribution is 6.31. The van der Waals surface area contributed by atoms with Crippen LogP contribution in [0.1, 0.15) is 20.3 Å². The number of likely N-dealkylation sites (tertiary alicyclic amines) is 1. The molecule has 1 saturated heterocycles. The number of anilines is 2. The number of hydrogen-bond acceptors (Lipinski definition) is 4. The number of nitrogens with one attached hydrogen (secondary N) is 1. The summed E-state index contributed by atoms with van der Waals surface area (Å²) in [4.78, 5) is 36.7. The van der Waals surface area contributed by atoms with E-state index in [4.69, 9.17) is 17.3 Å². The van der Waals surface area contributed by atoms with Crippen molar-refractivity contribution < 1.29 is 14.4 Å². The van der Waals surface area contributed by atoms with Gasteiger partial charge in [0.25, 0.3) is 0 Å². The Labute approximate surface area is 127 Å². The van der Waals surface area contributed by atoms with Crippen LogP contribution in [0, 0.1) is 5.41 Å². The van der Waals surface area contributed by atoms with Gasteiger partial charge in [-0.15, -0.1) is 0 Å². The van der Waals surface area contributed by atoms with Crippen LogP contribution in [0.3, 0.4) is 0 Å². The van der Waals surface area contributed by atoms with Gasteiger partial charge >= 0.3 is 0 Å². The number of carbonyl (C=O) groups excluding carboxylic acids is 3. The minimum atomic E-state index is -0.753. The molecule has 0 atom stereocenters. The van der Waals surface area contributed by atoms with E-state index in [0.29, 0.717) is 16.4 Å². The van der Waals surface area contributed by atoms with Crippen molar-refractivity contribution in [2.75, 3.05) is 17.6 Å². The van der Waals surface area contributed by atoms with E-state index in [9.17, 15) is 14.4 Å². The van der Waals surface area contributed by atoms with Crippen LogP contribution in [0.15, 0.2) is 18.2 Å². The van der Waals surface area contributed by atoms with Crippen molar-refractivity contribution >= 4 is 40.7 Å². The van der Waals surface area contributed by atoms with Gasteiger partial charge in [0.05, 0.1) is 16.8 Å². The molecule has 0 radical (unpaired) electrons. The molecule has 3 N–H and O–H groups in total. The van der Waals surface area contributed by atoms with Crippen molar-refractivity contribution in [2.24, 2.45) is 5.41 Å². The molecular weight excluding hydrogens is 294 g/mol. The Morgan fingerprint density at radius 2 is 2.10 bits per heavy atom. The van der Waals surface area contributed by atoms with E-state index in [-0.39, 0.29) is 24.8 Å². The Balaban J connectivity index is 2.06. The Kier molecular flexibility index (Phi) is 3.91. The van der Waals surface area contributed by atoms with Gasteiger partial charge in [0.15, 0.2) is 0 Å². The van der Waals surface area contributed by atoms with Gasteiger partial charge in [-0.3, -0.25) is 19.3 Å². The van der Waals surface area contributed by atoms with Gasteiger partial charge < -0.3 is 11.1 Å². The predicted octanol–water partition coefficient (Wildman–Crippen LogP) is 1.65. The molecule has 0 bridgehead atoms. The van der Waals surface area contributed by atoms with Crippen LogP contribution in [0.25, 0.3) is 0 Å². The molecule has 1 aromatic rings. The average molecular weight is 310 g/mol.